The number of nitrogens with two attached hydrogens (primary N) is 1. The van der Waals surface area contributed by atoms with Gasteiger partial charge in [-0.25, -0.2) is 0 Å². The minimum atomic E-state index is -0.177. The first-order chi connectivity index (χ1) is 7.37. The van der Waals surface area contributed by atoms with E-state index in [0.29, 0.717) is 0 Å². The summed E-state index contributed by atoms with van der Waals surface area (Å²) in [7, 11) is 3.50. The van der Waals surface area contributed by atoms with Crippen LogP contribution in [-0.4, -0.2) is 31.5 Å². The van der Waals surface area contributed by atoms with Crippen LogP contribution in [0.4, 0.5) is 0 Å². The summed E-state index contributed by atoms with van der Waals surface area (Å²) in [4.78, 5) is 0. The van der Waals surface area contributed by atoms with Crippen LogP contribution < -0.4 is 5.73 Å². The topological polar surface area (TPSA) is 44.5 Å². The Morgan fingerprint density at radius 1 is 1.06 bits per heavy atom. The summed E-state index contributed by atoms with van der Waals surface area (Å²) in [6.45, 7) is 8.45. The highest BCUT2D eigenvalue weighted by Crippen LogP contribution is 2.27. The molecule has 0 radical (unpaired) electrons. The van der Waals surface area contributed by atoms with Crippen molar-refractivity contribution in [3.05, 3.63) is 0 Å². The number of methoxy groups -OCH3 is 2. The van der Waals surface area contributed by atoms with Gasteiger partial charge in [0.2, 0.25) is 0 Å². The van der Waals surface area contributed by atoms with Crippen molar-refractivity contribution in [2.75, 3.05) is 14.2 Å². The zero-order valence-corrected chi connectivity index (χ0v) is 11.8. The van der Waals surface area contributed by atoms with Crippen LogP contribution in [0.2, 0.25) is 0 Å². The summed E-state index contributed by atoms with van der Waals surface area (Å²) in [5.41, 5.74) is 5.99. The molecule has 0 fully saturated rings. The van der Waals surface area contributed by atoms with Crippen LogP contribution in [0.15, 0.2) is 0 Å². The van der Waals surface area contributed by atoms with Crippen molar-refractivity contribution >= 4 is 0 Å². The van der Waals surface area contributed by atoms with Crippen LogP contribution in [-0.2, 0) is 9.47 Å². The molecule has 0 aromatic rings. The molecule has 0 saturated carbocycles. The highest BCUT2D eigenvalue weighted by atomic mass is 16.5. The molecule has 0 aromatic carbocycles. The lowest BCUT2D eigenvalue weighted by Gasteiger charge is -2.37. The first-order valence-corrected chi connectivity index (χ1v) is 6.23. The second kappa shape index (κ2) is 6.58. The molecule has 3 heteroatoms. The fourth-order valence-electron chi connectivity index (χ4n) is 2.08. The Morgan fingerprint density at radius 3 is 1.88 bits per heavy atom. The van der Waals surface area contributed by atoms with Crippen molar-refractivity contribution in [3.8, 4) is 0 Å². The molecule has 16 heavy (non-hydrogen) atoms. The van der Waals surface area contributed by atoms with Gasteiger partial charge in [-0.2, -0.15) is 0 Å². The quantitative estimate of drug-likeness (QED) is 0.698. The van der Waals surface area contributed by atoms with Crippen molar-refractivity contribution in [1.82, 2.24) is 0 Å². The number of rotatable bonds is 8. The van der Waals surface area contributed by atoms with Crippen LogP contribution in [0.3, 0.4) is 0 Å². The van der Waals surface area contributed by atoms with E-state index in [0.717, 1.165) is 25.7 Å². The Bertz CT molecular complexity index is 180. The minimum absolute atomic E-state index is 0.0712. The van der Waals surface area contributed by atoms with Gasteiger partial charge in [0.1, 0.15) is 0 Å². The van der Waals surface area contributed by atoms with E-state index in [1.165, 1.54) is 0 Å². The molecule has 1 unspecified atom stereocenters. The Kier molecular flexibility index (Phi) is 6.53. The van der Waals surface area contributed by atoms with Crippen molar-refractivity contribution in [1.29, 1.82) is 0 Å². The van der Waals surface area contributed by atoms with Gasteiger partial charge in [0, 0.05) is 20.3 Å². The zero-order chi connectivity index (χ0) is 12.8. The van der Waals surface area contributed by atoms with Crippen molar-refractivity contribution in [2.45, 2.75) is 70.6 Å². The summed E-state index contributed by atoms with van der Waals surface area (Å²) in [5, 5.41) is 0. The van der Waals surface area contributed by atoms with Crippen LogP contribution in [0.5, 0.6) is 0 Å². The van der Waals surface area contributed by atoms with Crippen LogP contribution in [0, 0.1) is 0 Å². The number of hydrogen-bond donors (Lipinski definition) is 1. The predicted octanol–water partition coefficient (Wildman–Crippen LogP) is 2.72. The van der Waals surface area contributed by atoms with Gasteiger partial charge in [0.05, 0.1) is 11.2 Å². The van der Waals surface area contributed by atoms with Gasteiger partial charge < -0.3 is 15.2 Å². The second-order valence-corrected chi connectivity index (χ2v) is 5.08. The van der Waals surface area contributed by atoms with Gasteiger partial charge in [-0.1, -0.05) is 13.8 Å². The molecule has 0 aliphatic rings. The monoisotopic (exact) mass is 231 g/mol. The van der Waals surface area contributed by atoms with Gasteiger partial charge in [0.25, 0.3) is 0 Å². The lowest BCUT2D eigenvalue weighted by atomic mass is 9.84. The average Bonchev–Trinajstić information content (AvgIpc) is 2.29. The average molecular weight is 231 g/mol. The predicted molar refractivity (Wildman–Crippen MR) is 68.6 cm³/mol. The molecule has 3 nitrogen and oxygen atoms in total. The fraction of sp³-hybridized carbons (Fsp3) is 1.00. The molecule has 0 bridgehead atoms. The summed E-state index contributed by atoms with van der Waals surface area (Å²) >= 11 is 0. The minimum Gasteiger partial charge on any atom is -0.379 e. The molecule has 0 aromatic heterocycles. The molecule has 1 atom stereocenters. The lowest BCUT2D eigenvalue weighted by molar-refractivity contribution is -0.0486. The van der Waals surface area contributed by atoms with E-state index < -0.39 is 0 Å². The highest BCUT2D eigenvalue weighted by Gasteiger charge is 2.34. The Balaban J connectivity index is 4.37. The van der Waals surface area contributed by atoms with Crippen molar-refractivity contribution in [2.24, 2.45) is 5.73 Å². The largest absolute Gasteiger partial charge is 0.379 e. The van der Waals surface area contributed by atoms with Crippen molar-refractivity contribution < 1.29 is 9.47 Å². The Hall–Kier alpha value is -0.120. The van der Waals surface area contributed by atoms with E-state index in [2.05, 4.69) is 27.7 Å². The van der Waals surface area contributed by atoms with Crippen molar-refractivity contribution in [3.63, 3.8) is 0 Å². The molecule has 0 aliphatic heterocycles. The fourth-order valence-corrected chi connectivity index (χ4v) is 2.08. The van der Waals surface area contributed by atoms with E-state index in [1.54, 1.807) is 14.2 Å². The normalized spacial score (nSPS) is 15.2. The number of hydrogen-bond acceptors (Lipinski definition) is 3. The highest BCUT2D eigenvalue weighted by molar-refractivity contribution is 4.90. The number of ether oxygens (including phenoxy) is 2. The first-order valence-electron chi connectivity index (χ1n) is 6.23. The molecule has 0 amide bonds. The third-order valence-corrected chi connectivity index (χ3v) is 3.89. The molecule has 0 heterocycles. The Morgan fingerprint density at radius 2 is 1.56 bits per heavy atom. The van der Waals surface area contributed by atoms with Crippen LogP contribution >= 0.6 is 0 Å². The summed E-state index contributed by atoms with van der Waals surface area (Å²) < 4.78 is 11.0. The van der Waals surface area contributed by atoms with Crippen LogP contribution in [0.1, 0.15) is 53.4 Å². The van der Waals surface area contributed by atoms with Gasteiger partial charge in [-0.15, -0.1) is 0 Å². The summed E-state index contributed by atoms with van der Waals surface area (Å²) in [6.07, 6.45) is 3.79. The maximum Gasteiger partial charge on any atom is 0.0823 e. The zero-order valence-electron chi connectivity index (χ0n) is 11.8. The Labute approximate surface area is 101 Å². The van der Waals surface area contributed by atoms with Gasteiger partial charge in [-0.3, -0.25) is 0 Å². The van der Waals surface area contributed by atoms with E-state index in [4.69, 9.17) is 15.2 Å². The third-order valence-electron chi connectivity index (χ3n) is 3.89. The molecular weight excluding hydrogens is 202 g/mol. The van der Waals surface area contributed by atoms with Gasteiger partial charge >= 0.3 is 0 Å². The van der Waals surface area contributed by atoms with Gasteiger partial charge in [-0.05, 0) is 39.5 Å². The SMILES string of the molecule is CCC(CC)(OC)C(N)CCC(C)(C)OC. The second-order valence-electron chi connectivity index (χ2n) is 5.08. The maximum absolute atomic E-state index is 6.27. The van der Waals surface area contributed by atoms with E-state index in [1.807, 2.05) is 0 Å². The van der Waals surface area contributed by atoms with Gasteiger partial charge in [0.15, 0.2) is 0 Å². The maximum atomic E-state index is 6.27. The van der Waals surface area contributed by atoms with E-state index >= 15 is 0 Å². The van der Waals surface area contributed by atoms with Crippen LogP contribution in [0.25, 0.3) is 0 Å². The third kappa shape index (κ3) is 4.04. The van der Waals surface area contributed by atoms with E-state index in [9.17, 15) is 0 Å². The van der Waals surface area contributed by atoms with E-state index in [-0.39, 0.29) is 17.2 Å². The standard InChI is InChI=1S/C13H29NO2/c1-7-13(8-2,16-6)11(14)9-10-12(3,4)15-5/h11H,7-10,14H2,1-6H3. The smallest absolute Gasteiger partial charge is 0.0823 e. The summed E-state index contributed by atoms with van der Waals surface area (Å²) in [6, 6.07) is 0.0712. The molecule has 0 saturated heterocycles. The summed E-state index contributed by atoms with van der Waals surface area (Å²) in [5.74, 6) is 0. The molecule has 2 N–H and O–H groups in total. The lowest BCUT2D eigenvalue weighted by Crippen LogP contribution is -2.49. The molecule has 0 aliphatic carbocycles. The molecular formula is C13H29NO2. The molecule has 98 valence electrons. The first kappa shape index (κ1) is 15.9. The molecule has 0 spiro atoms. The molecule has 0 rings (SSSR count).